The lowest BCUT2D eigenvalue weighted by atomic mass is 10.1. The highest BCUT2D eigenvalue weighted by atomic mass is 32.1. The van der Waals surface area contributed by atoms with Crippen LogP contribution in [0.5, 0.6) is 0 Å². The van der Waals surface area contributed by atoms with E-state index in [0.717, 1.165) is 24.8 Å². The zero-order valence-electron chi connectivity index (χ0n) is 15.9. The van der Waals surface area contributed by atoms with Gasteiger partial charge in [0.1, 0.15) is 6.04 Å². The summed E-state index contributed by atoms with van der Waals surface area (Å²) in [5, 5.41) is 4.31. The summed E-state index contributed by atoms with van der Waals surface area (Å²) in [5.41, 5.74) is 4.37. The molecule has 1 aromatic rings. The Labute approximate surface area is 165 Å². The van der Waals surface area contributed by atoms with Crippen molar-refractivity contribution in [1.82, 2.24) is 15.3 Å². The summed E-state index contributed by atoms with van der Waals surface area (Å²) in [4.78, 5) is 38.3. The molecule has 0 aromatic heterocycles. The number of nitrogens with zero attached hydrogens (tertiary/aromatic N) is 2. The molecule has 0 saturated carbocycles. The first-order chi connectivity index (χ1) is 12.8. The van der Waals surface area contributed by atoms with Gasteiger partial charge in [-0.3, -0.25) is 24.7 Å². The van der Waals surface area contributed by atoms with E-state index in [1.54, 1.807) is 13.1 Å². The second kappa shape index (κ2) is 9.45. The predicted octanol–water partition coefficient (Wildman–Crippen LogP) is 2.36. The number of likely N-dealkylation sites (N-methyl/N-ethyl adjacent to an activating group) is 1. The molecule has 1 aliphatic rings. The van der Waals surface area contributed by atoms with Crippen molar-refractivity contribution >= 4 is 40.7 Å². The standard InChI is InChI=1S/C19H26N4O3S/c1-4-5-6-10-16(24)21-23-15(18(26)22(3)19(23)27)12-17(25)20-14-9-7-8-13(2)11-14/h7-9,11,15H,4-6,10,12H2,1-3H3,(H,20,25)(H,21,24). The first kappa shape index (κ1) is 20.8. The number of aryl methyl sites for hydroxylation is 1. The average molecular weight is 391 g/mol. The van der Waals surface area contributed by atoms with E-state index < -0.39 is 6.04 Å². The molecule has 2 N–H and O–H groups in total. The highest BCUT2D eigenvalue weighted by molar-refractivity contribution is 7.80. The molecule has 1 atom stereocenters. The van der Waals surface area contributed by atoms with E-state index >= 15 is 0 Å². The van der Waals surface area contributed by atoms with Crippen LogP contribution in [-0.4, -0.2) is 45.8 Å². The smallest absolute Gasteiger partial charge is 0.253 e. The van der Waals surface area contributed by atoms with Crippen LogP contribution >= 0.6 is 12.2 Å². The molecule has 0 radical (unpaired) electrons. The number of benzene rings is 1. The van der Waals surface area contributed by atoms with Crippen LogP contribution in [0.15, 0.2) is 24.3 Å². The molecule has 8 heteroatoms. The average Bonchev–Trinajstić information content (AvgIpc) is 2.80. The molecule has 1 fully saturated rings. The van der Waals surface area contributed by atoms with Crippen molar-refractivity contribution in [2.24, 2.45) is 0 Å². The minimum Gasteiger partial charge on any atom is -0.326 e. The van der Waals surface area contributed by atoms with Gasteiger partial charge in [-0.1, -0.05) is 31.9 Å². The summed E-state index contributed by atoms with van der Waals surface area (Å²) in [6, 6.07) is 6.56. The second-order valence-corrected chi connectivity index (χ2v) is 7.04. The van der Waals surface area contributed by atoms with E-state index in [-0.39, 0.29) is 29.3 Å². The molecule has 0 spiro atoms. The minimum atomic E-state index is -0.845. The number of hydrazine groups is 1. The Balaban J connectivity index is 2.02. The van der Waals surface area contributed by atoms with E-state index in [9.17, 15) is 14.4 Å². The molecule has 3 amide bonds. The first-order valence-electron chi connectivity index (χ1n) is 9.10. The normalized spacial score (nSPS) is 16.6. The number of thiocarbonyl (C=S) groups is 1. The SMILES string of the molecule is CCCCCC(=O)NN1C(=S)N(C)C(=O)C1CC(=O)Nc1cccc(C)c1. The lowest BCUT2D eigenvalue weighted by Gasteiger charge is -2.24. The molecular formula is C19H26N4O3S. The van der Waals surface area contributed by atoms with Crippen molar-refractivity contribution in [3.63, 3.8) is 0 Å². The van der Waals surface area contributed by atoms with Gasteiger partial charge in [-0.15, -0.1) is 0 Å². The predicted molar refractivity (Wildman–Crippen MR) is 108 cm³/mol. The van der Waals surface area contributed by atoms with Gasteiger partial charge in [0, 0.05) is 19.2 Å². The van der Waals surface area contributed by atoms with Crippen molar-refractivity contribution in [1.29, 1.82) is 0 Å². The number of hydrogen-bond acceptors (Lipinski definition) is 4. The molecule has 0 bridgehead atoms. The minimum absolute atomic E-state index is 0.105. The Hall–Kier alpha value is -2.48. The Kier molecular flexibility index (Phi) is 7.29. The molecule has 0 aliphatic carbocycles. The Morgan fingerprint density at radius 1 is 1.22 bits per heavy atom. The molecular weight excluding hydrogens is 364 g/mol. The third-order valence-electron chi connectivity index (χ3n) is 4.35. The maximum atomic E-state index is 12.5. The van der Waals surface area contributed by atoms with E-state index in [0.29, 0.717) is 12.1 Å². The van der Waals surface area contributed by atoms with Crippen LogP contribution < -0.4 is 10.7 Å². The van der Waals surface area contributed by atoms with Gasteiger partial charge in [0.2, 0.25) is 11.8 Å². The van der Waals surface area contributed by atoms with Crippen LogP contribution in [0.2, 0.25) is 0 Å². The van der Waals surface area contributed by atoms with Gasteiger partial charge >= 0.3 is 0 Å². The van der Waals surface area contributed by atoms with E-state index in [1.807, 2.05) is 25.1 Å². The number of carbonyl (C=O) groups is 3. The fourth-order valence-electron chi connectivity index (χ4n) is 2.86. The Morgan fingerprint density at radius 3 is 2.63 bits per heavy atom. The van der Waals surface area contributed by atoms with Crippen LogP contribution in [0.25, 0.3) is 0 Å². The molecule has 1 saturated heterocycles. The fourth-order valence-corrected chi connectivity index (χ4v) is 3.13. The van der Waals surface area contributed by atoms with Gasteiger partial charge in [0.25, 0.3) is 5.91 Å². The van der Waals surface area contributed by atoms with Gasteiger partial charge in [-0.05, 0) is 43.3 Å². The quantitative estimate of drug-likeness (QED) is 0.526. The molecule has 146 valence electrons. The number of amides is 3. The molecule has 1 heterocycles. The van der Waals surface area contributed by atoms with Gasteiger partial charge in [-0.25, -0.2) is 5.01 Å². The summed E-state index contributed by atoms with van der Waals surface area (Å²) in [6.07, 6.45) is 2.99. The molecule has 1 unspecified atom stereocenters. The lowest BCUT2D eigenvalue weighted by molar-refractivity contribution is -0.132. The van der Waals surface area contributed by atoms with Crippen molar-refractivity contribution in [2.75, 3.05) is 12.4 Å². The molecule has 2 rings (SSSR count). The summed E-state index contributed by atoms with van der Waals surface area (Å²) in [5.74, 6) is -0.839. The highest BCUT2D eigenvalue weighted by Crippen LogP contribution is 2.19. The maximum absolute atomic E-state index is 12.5. The second-order valence-electron chi connectivity index (χ2n) is 6.68. The summed E-state index contributed by atoms with van der Waals surface area (Å²) in [7, 11) is 1.54. The van der Waals surface area contributed by atoms with Crippen LogP contribution in [0.4, 0.5) is 5.69 Å². The fraction of sp³-hybridized carbons (Fsp3) is 0.474. The van der Waals surface area contributed by atoms with Crippen molar-refractivity contribution < 1.29 is 14.4 Å². The largest absolute Gasteiger partial charge is 0.326 e. The zero-order chi connectivity index (χ0) is 20.0. The van der Waals surface area contributed by atoms with E-state index in [4.69, 9.17) is 12.2 Å². The number of carbonyl (C=O) groups excluding carboxylic acids is 3. The maximum Gasteiger partial charge on any atom is 0.253 e. The zero-order valence-corrected chi connectivity index (χ0v) is 16.8. The molecule has 1 aliphatic heterocycles. The highest BCUT2D eigenvalue weighted by Gasteiger charge is 2.42. The van der Waals surface area contributed by atoms with Crippen LogP contribution in [0, 0.1) is 6.92 Å². The van der Waals surface area contributed by atoms with E-state index in [1.165, 1.54) is 9.91 Å². The number of anilines is 1. The third kappa shape index (κ3) is 5.50. The Morgan fingerprint density at radius 2 is 1.96 bits per heavy atom. The third-order valence-corrected chi connectivity index (χ3v) is 4.82. The Bertz CT molecular complexity index is 737. The van der Waals surface area contributed by atoms with Crippen molar-refractivity contribution in [3.05, 3.63) is 29.8 Å². The monoisotopic (exact) mass is 390 g/mol. The van der Waals surface area contributed by atoms with Gasteiger partial charge in [0.15, 0.2) is 5.11 Å². The number of unbranched alkanes of at least 4 members (excludes halogenated alkanes) is 2. The first-order valence-corrected chi connectivity index (χ1v) is 9.51. The van der Waals surface area contributed by atoms with Gasteiger partial charge in [0.05, 0.1) is 6.42 Å². The lowest BCUT2D eigenvalue weighted by Crippen LogP contribution is -2.49. The molecule has 1 aromatic carbocycles. The van der Waals surface area contributed by atoms with Crippen molar-refractivity contribution in [3.8, 4) is 0 Å². The number of hydrogen-bond donors (Lipinski definition) is 2. The summed E-state index contributed by atoms with van der Waals surface area (Å²) < 4.78 is 0. The summed E-state index contributed by atoms with van der Waals surface area (Å²) >= 11 is 5.26. The van der Waals surface area contributed by atoms with E-state index in [2.05, 4.69) is 17.7 Å². The van der Waals surface area contributed by atoms with Crippen LogP contribution in [0.3, 0.4) is 0 Å². The van der Waals surface area contributed by atoms with Crippen LogP contribution in [-0.2, 0) is 14.4 Å². The van der Waals surface area contributed by atoms with Crippen molar-refractivity contribution in [2.45, 2.75) is 52.0 Å². The number of nitrogens with one attached hydrogen (secondary N) is 2. The van der Waals surface area contributed by atoms with Gasteiger partial charge < -0.3 is 5.32 Å². The van der Waals surface area contributed by atoms with Crippen LogP contribution in [0.1, 0.15) is 44.6 Å². The topological polar surface area (TPSA) is 81.8 Å². The van der Waals surface area contributed by atoms with Gasteiger partial charge in [-0.2, -0.15) is 0 Å². The number of rotatable bonds is 8. The molecule has 27 heavy (non-hydrogen) atoms. The molecule has 7 nitrogen and oxygen atoms in total. The summed E-state index contributed by atoms with van der Waals surface area (Å²) in [6.45, 7) is 3.99.